The lowest BCUT2D eigenvalue weighted by Gasteiger charge is -2.26. The number of rotatable bonds is 4. The first-order valence-corrected chi connectivity index (χ1v) is 9.72. The molecule has 8 heteroatoms. The van der Waals surface area contributed by atoms with E-state index in [1.807, 2.05) is 0 Å². The second-order valence-corrected chi connectivity index (χ2v) is 8.02. The molecular formula is C19H22FN4O2S+. The van der Waals surface area contributed by atoms with E-state index in [9.17, 15) is 14.0 Å². The maximum absolute atomic E-state index is 13.1. The number of hydrogen-bond acceptors (Lipinski definition) is 5. The van der Waals surface area contributed by atoms with Gasteiger partial charge in [-0.3, -0.25) is 4.79 Å². The van der Waals surface area contributed by atoms with Crippen molar-refractivity contribution in [1.82, 2.24) is 4.90 Å². The fourth-order valence-corrected chi connectivity index (χ4v) is 3.98. The molecule has 0 N–H and O–H groups in total. The van der Waals surface area contributed by atoms with Gasteiger partial charge in [0, 0.05) is 12.2 Å². The first kappa shape index (κ1) is 19.4. The van der Waals surface area contributed by atoms with Crippen LogP contribution < -0.4 is 0 Å². The molecule has 6 nitrogen and oxygen atoms in total. The van der Waals surface area contributed by atoms with Crippen LogP contribution in [0.15, 0.2) is 34.3 Å². The van der Waals surface area contributed by atoms with E-state index in [4.69, 9.17) is 0 Å². The van der Waals surface area contributed by atoms with Crippen LogP contribution in [0.3, 0.4) is 0 Å². The van der Waals surface area contributed by atoms with Crippen LogP contribution in [0.5, 0.6) is 0 Å². The molecule has 0 spiro atoms. The molecule has 3 amide bonds. The fourth-order valence-electron chi connectivity index (χ4n) is 2.93. The Balaban J connectivity index is 1.95. The Bertz CT molecular complexity index is 874. The maximum Gasteiger partial charge on any atom is 0.445 e. The second-order valence-electron chi connectivity index (χ2n) is 7.02. The number of thioether (sulfide) groups is 1. The number of fused-ring (bicyclic) bond motifs is 1. The lowest BCUT2D eigenvalue weighted by atomic mass is 10.0. The van der Waals surface area contributed by atoms with Crippen LogP contribution >= 0.6 is 11.8 Å². The van der Waals surface area contributed by atoms with Crippen molar-refractivity contribution in [2.45, 2.75) is 26.0 Å². The average Bonchev–Trinajstić information content (AvgIpc) is 2.63. The molecule has 1 aromatic carbocycles. The summed E-state index contributed by atoms with van der Waals surface area (Å²) >= 11 is 1.42. The predicted octanol–water partition coefficient (Wildman–Crippen LogP) is 3.16. The molecule has 2 heterocycles. The molecule has 1 aromatic rings. The average molecular weight is 389 g/mol. The quantitative estimate of drug-likeness (QED) is 0.743. The van der Waals surface area contributed by atoms with Crippen LogP contribution in [0.25, 0.3) is 0 Å². The topological polar surface area (TPSA) is 65.1 Å². The standard InChI is InChI=1S/C19H22FN4O2S/c1-11(2)9-14-21-16-15(18(25)24(4)19(26)23(16)3)17(22-14)27-10-12-5-7-13(20)8-6-12/h5-8,11,15H,9-10H2,1-4H3/q+1. The van der Waals surface area contributed by atoms with Gasteiger partial charge < -0.3 is 0 Å². The summed E-state index contributed by atoms with van der Waals surface area (Å²) in [7, 11) is 3.09. The number of carbonyl (C=O) groups excluding carboxylic acids is 2. The minimum atomic E-state index is -0.681. The van der Waals surface area contributed by atoms with Gasteiger partial charge in [-0.2, -0.15) is 9.48 Å². The van der Waals surface area contributed by atoms with Gasteiger partial charge in [-0.1, -0.05) is 31.0 Å². The molecule has 2 aliphatic heterocycles. The van der Waals surface area contributed by atoms with E-state index >= 15 is 0 Å². The molecule has 0 radical (unpaired) electrons. The highest BCUT2D eigenvalue weighted by Gasteiger charge is 2.49. The molecule has 0 saturated heterocycles. The van der Waals surface area contributed by atoms with Crippen molar-refractivity contribution >= 4 is 40.4 Å². The van der Waals surface area contributed by atoms with Crippen molar-refractivity contribution in [3.05, 3.63) is 35.6 Å². The highest BCUT2D eigenvalue weighted by molar-refractivity contribution is 8.13. The number of nitrogens with zero attached hydrogens (tertiary/aromatic N) is 4. The van der Waals surface area contributed by atoms with Gasteiger partial charge >= 0.3 is 11.9 Å². The van der Waals surface area contributed by atoms with Gasteiger partial charge in [-0.15, -0.1) is 11.8 Å². The summed E-state index contributed by atoms with van der Waals surface area (Å²) in [5.41, 5.74) is 0.930. The summed E-state index contributed by atoms with van der Waals surface area (Å²) in [5.74, 6) is 0.642. The Kier molecular flexibility index (Phi) is 5.55. The van der Waals surface area contributed by atoms with E-state index < -0.39 is 11.9 Å². The van der Waals surface area contributed by atoms with Crippen LogP contribution in [0.2, 0.25) is 0 Å². The van der Waals surface area contributed by atoms with Gasteiger partial charge in [0.15, 0.2) is 5.92 Å². The number of aliphatic imine (C=N–C) groups is 2. The smallest absolute Gasteiger partial charge is 0.255 e. The summed E-state index contributed by atoms with van der Waals surface area (Å²) in [5, 5.41) is 0.621. The zero-order valence-electron chi connectivity index (χ0n) is 15.8. The number of carbonyl (C=O) groups is 2. The van der Waals surface area contributed by atoms with Crippen molar-refractivity contribution < 1.29 is 18.6 Å². The Morgan fingerprint density at radius 3 is 2.52 bits per heavy atom. The minimum Gasteiger partial charge on any atom is -0.255 e. The molecule has 2 aliphatic rings. The van der Waals surface area contributed by atoms with Crippen molar-refractivity contribution in [3.63, 3.8) is 0 Å². The fraction of sp³-hybridized carbons (Fsp3) is 0.421. The third-order valence-corrected chi connectivity index (χ3v) is 5.47. The lowest BCUT2D eigenvalue weighted by Crippen LogP contribution is -2.54. The molecule has 0 aliphatic carbocycles. The number of amides is 3. The minimum absolute atomic E-state index is 0.287. The van der Waals surface area contributed by atoms with Gasteiger partial charge in [0.05, 0.1) is 14.1 Å². The van der Waals surface area contributed by atoms with E-state index in [0.717, 1.165) is 10.5 Å². The summed E-state index contributed by atoms with van der Waals surface area (Å²) in [6, 6.07) is 5.85. The Hall–Kier alpha value is -2.35. The number of amidine groups is 2. The number of urea groups is 1. The monoisotopic (exact) mass is 389 g/mol. The van der Waals surface area contributed by atoms with Gasteiger partial charge in [0.1, 0.15) is 10.9 Å². The van der Waals surface area contributed by atoms with Gasteiger partial charge in [0.2, 0.25) is 5.84 Å². The van der Waals surface area contributed by atoms with Crippen molar-refractivity contribution in [2.24, 2.45) is 21.8 Å². The summed E-state index contributed by atoms with van der Waals surface area (Å²) in [4.78, 5) is 35.3. The van der Waals surface area contributed by atoms with E-state index in [-0.39, 0.29) is 11.7 Å². The van der Waals surface area contributed by atoms with Crippen LogP contribution in [-0.4, -0.2) is 52.2 Å². The van der Waals surface area contributed by atoms with Crippen LogP contribution in [0, 0.1) is 17.7 Å². The molecule has 0 saturated carbocycles. The lowest BCUT2D eigenvalue weighted by molar-refractivity contribution is -0.407. The SMILES string of the molecule is CC(C)CC1=NC2=[N+](C)C(=O)N(C)C(=O)C2C(SCc2ccc(F)cc2)=N1. The van der Waals surface area contributed by atoms with Gasteiger partial charge in [-0.25, -0.2) is 14.2 Å². The summed E-state index contributed by atoms with van der Waals surface area (Å²) < 4.78 is 14.5. The Morgan fingerprint density at radius 1 is 1.22 bits per heavy atom. The zero-order chi connectivity index (χ0) is 19.7. The first-order valence-electron chi connectivity index (χ1n) is 8.73. The predicted molar refractivity (Wildman–Crippen MR) is 105 cm³/mol. The molecule has 0 aromatic heterocycles. The first-order chi connectivity index (χ1) is 12.8. The summed E-state index contributed by atoms with van der Waals surface area (Å²) in [6.45, 7) is 4.13. The zero-order valence-corrected chi connectivity index (χ0v) is 16.6. The van der Waals surface area contributed by atoms with Gasteiger partial charge in [0.25, 0.3) is 5.84 Å². The third-order valence-electron chi connectivity index (χ3n) is 4.37. The van der Waals surface area contributed by atoms with E-state index in [1.165, 1.54) is 35.5 Å². The highest BCUT2D eigenvalue weighted by atomic mass is 32.2. The molecule has 1 atom stereocenters. The van der Waals surface area contributed by atoms with Crippen molar-refractivity contribution in [2.75, 3.05) is 14.1 Å². The number of imide groups is 1. The number of halogens is 1. The number of hydrogen-bond donors (Lipinski definition) is 0. The molecule has 0 bridgehead atoms. The Labute approximate surface area is 161 Å². The van der Waals surface area contributed by atoms with E-state index in [1.54, 1.807) is 19.2 Å². The van der Waals surface area contributed by atoms with E-state index in [2.05, 4.69) is 23.8 Å². The van der Waals surface area contributed by atoms with E-state index in [0.29, 0.717) is 34.8 Å². The molecule has 0 fully saturated rings. The number of benzene rings is 1. The summed E-state index contributed by atoms with van der Waals surface area (Å²) in [6.07, 6.45) is 0.656. The molecule has 27 heavy (non-hydrogen) atoms. The van der Waals surface area contributed by atoms with Crippen molar-refractivity contribution in [1.29, 1.82) is 0 Å². The van der Waals surface area contributed by atoms with Crippen LogP contribution in [0.1, 0.15) is 25.8 Å². The Morgan fingerprint density at radius 2 is 1.89 bits per heavy atom. The second kappa shape index (κ2) is 7.72. The molecular weight excluding hydrogens is 367 g/mol. The molecule has 3 rings (SSSR count). The normalized spacial score (nSPS) is 20.1. The van der Waals surface area contributed by atoms with Crippen LogP contribution in [0.4, 0.5) is 9.18 Å². The van der Waals surface area contributed by atoms with Gasteiger partial charge in [-0.05, 0) is 23.6 Å². The molecule has 142 valence electrons. The highest BCUT2D eigenvalue weighted by Crippen LogP contribution is 2.28. The van der Waals surface area contributed by atoms with Crippen LogP contribution in [-0.2, 0) is 10.5 Å². The van der Waals surface area contributed by atoms with Crippen molar-refractivity contribution in [3.8, 4) is 0 Å². The maximum atomic E-state index is 13.1. The third kappa shape index (κ3) is 4.00. The molecule has 1 unspecified atom stereocenters. The largest absolute Gasteiger partial charge is 0.445 e.